The molecular formula is C19H19F3N6. The van der Waals surface area contributed by atoms with E-state index in [0.717, 1.165) is 15.8 Å². The number of benzene rings is 1. The van der Waals surface area contributed by atoms with E-state index in [1.165, 1.54) is 19.3 Å². The number of nitrogens with one attached hydrogen (secondary N) is 1. The van der Waals surface area contributed by atoms with E-state index in [0.29, 0.717) is 17.0 Å². The lowest BCUT2D eigenvalue weighted by Crippen LogP contribution is -2.03. The van der Waals surface area contributed by atoms with Gasteiger partial charge < -0.3 is 0 Å². The van der Waals surface area contributed by atoms with Crippen LogP contribution in [0.4, 0.5) is 19.1 Å². The molecule has 1 aromatic carbocycles. The highest BCUT2D eigenvalue weighted by molar-refractivity contribution is 5.81. The number of nitrogens with zero attached hydrogens (tertiary/aromatic N) is 5. The molecule has 0 unspecified atom stereocenters. The maximum Gasteiger partial charge on any atom is 0.280 e. The van der Waals surface area contributed by atoms with E-state index >= 15 is 0 Å². The smallest absolute Gasteiger partial charge is 0.245 e. The van der Waals surface area contributed by atoms with Gasteiger partial charge in [-0.2, -0.15) is 14.6 Å². The maximum atomic E-state index is 13.9. The molecule has 0 atom stereocenters. The fourth-order valence-corrected chi connectivity index (χ4v) is 2.62. The number of halogens is 3. The first kappa shape index (κ1) is 19.5. The Labute approximate surface area is 160 Å². The molecule has 2 aromatic heterocycles. The second kappa shape index (κ2) is 7.79. The molecule has 3 aromatic rings. The van der Waals surface area contributed by atoms with Gasteiger partial charge in [-0.25, -0.2) is 28.9 Å². The molecule has 0 spiro atoms. The molecule has 0 aliphatic heterocycles. The molecule has 2 heterocycles. The number of aromatic nitrogens is 4. The molecule has 0 amide bonds. The van der Waals surface area contributed by atoms with Gasteiger partial charge in [-0.3, -0.25) is 0 Å². The zero-order valence-electron chi connectivity index (χ0n) is 15.8. The van der Waals surface area contributed by atoms with E-state index in [-0.39, 0.29) is 11.5 Å². The van der Waals surface area contributed by atoms with Crippen LogP contribution in [-0.4, -0.2) is 26.0 Å². The second-order valence-electron chi connectivity index (χ2n) is 6.38. The van der Waals surface area contributed by atoms with Crippen LogP contribution in [0, 0.1) is 26.7 Å². The van der Waals surface area contributed by atoms with Gasteiger partial charge in [0.15, 0.2) is 0 Å². The van der Waals surface area contributed by atoms with Crippen LogP contribution < -0.4 is 5.43 Å². The van der Waals surface area contributed by atoms with Gasteiger partial charge >= 0.3 is 0 Å². The lowest BCUT2D eigenvalue weighted by molar-refractivity contribution is 0.146. The fraction of sp³-hybridized carbons (Fsp3) is 0.263. The summed E-state index contributed by atoms with van der Waals surface area (Å²) < 4.78 is 41.5. The van der Waals surface area contributed by atoms with Crippen molar-refractivity contribution < 1.29 is 13.2 Å². The number of hydrogen-bond donors (Lipinski definition) is 1. The maximum absolute atomic E-state index is 13.9. The summed E-state index contributed by atoms with van der Waals surface area (Å²) in [5.41, 5.74) is 5.85. The number of hydrazone groups is 1. The van der Waals surface area contributed by atoms with Crippen LogP contribution in [0.15, 0.2) is 29.4 Å². The van der Waals surface area contributed by atoms with E-state index in [1.807, 2.05) is 26.0 Å². The molecule has 1 N–H and O–H groups in total. The van der Waals surface area contributed by atoms with Crippen molar-refractivity contribution in [3.63, 3.8) is 0 Å². The first-order chi connectivity index (χ1) is 13.3. The molecule has 0 aliphatic rings. The van der Waals surface area contributed by atoms with Crippen LogP contribution in [0.3, 0.4) is 0 Å². The normalized spacial score (nSPS) is 11.6. The minimum absolute atomic E-state index is 0.107. The van der Waals surface area contributed by atoms with E-state index in [1.54, 1.807) is 13.0 Å². The largest absolute Gasteiger partial charge is 0.280 e. The van der Waals surface area contributed by atoms with Crippen molar-refractivity contribution in [3.8, 4) is 11.3 Å². The van der Waals surface area contributed by atoms with Crippen molar-refractivity contribution in [2.75, 3.05) is 5.43 Å². The quantitative estimate of drug-likeness (QED) is 0.522. The molecule has 0 saturated heterocycles. The van der Waals surface area contributed by atoms with E-state index in [4.69, 9.17) is 0 Å². The Kier molecular flexibility index (Phi) is 5.43. The van der Waals surface area contributed by atoms with Gasteiger partial charge in [0, 0.05) is 12.6 Å². The van der Waals surface area contributed by atoms with Crippen LogP contribution in [0.2, 0.25) is 0 Å². The van der Waals surface area contributed by atoms with E-state index in [9.17, 15) is 13.2 Å². The lowest BCUT2D eigenvalue weighted by Gasteiger charge is -2.09. The molecule has 146 valence electrons. The van der Waals surface area contributed by atoms with E-state index in [2.05, 4.69) is 25.6 Å². The van der Waals surface area contributed by atoms with Crippen molar-refractivity contribution >= 4 is 12.2 Å². The predicted molar refractivity (Wildman–Crippen MR) is 101 cm³/mol. The Morgan fingerprint density at radius 2 is 1.86 bits per heavy atom. The number of rotatable bonds is 5. The number of hydrogen-bond acceptors (Lipinski definition) is 5. The summed E-state index contributed by atoms with van der Waals surface area (Å²) >= 11 is 0. The van der Waals surface area contributed by atoms with Gasteiger partial charge in [0.05, 0.1) is 23.2 Å². The topological polar surface area (TPSA) is 68.0 Å². The molecule has 0 aliphatic carbocycles. The first-order valence-corrected chi connectivity index (χ1v) is 8.49. The first-order valence-electron chi connectivity index (χ1n) is 8.49. The van der Waals surface area contributed by atoms with E-state index < -0.39 is 18.1 Å². The van der Waals surface area contributed by atoms with Gasteiger partial charge in [0.2, 0.25) is 11.9 Å². The average Bonchev–Trinajstić information content (AvgIpc) is 2.89. The van der Waals surface area contributed by atoms with Crippen LogP contribution in [0.5, 0.6) is 0 Å². The van der Waals surface area contributed by atoms with Gasteiger partial charge in [0.25, 0.3) is 6.43 Å². The molecule has 0 radical (unpaired) electrons. The minimum atomic E-state index is -2.77. The van der Waals surface area contributed by atoms with Gasteiger partial charge in [0.1, 0.15) is 5.69 Å². The van der Waals surface area contributed by atoms with Crippen molar-refractivity contribution in [3.05, 3.63) is 58.3 Å². The molecule has 0 bridgehead atoms. The molecule has 3 rings (SSSR count). The Hall–Kier alpha value is -3.23. The minimum Gasteiger partial charge on any atom is -0.245 e. The van der Waals surface area contributed by atoms with Gasteiger partial charge in [-0.05, 0) is 44.0 Å². The lowest BCUT2D eigenvalue weighted by atomic mass is 10.0. The summed E-state index contributed by atoms with van der Waals surface area (Å²) in [6.45, 7) is 5.53. The Morgan fingerprint density at radius 3 is 2.46 bits per heavy atom. The third kappa shape index (κ3) is 4.03. The van der Waals surface area contributed by atoms with Crippen LogP contribution in [-0.2, 0) is 7.05 Å². The highest BCUT2D eigenvalue weighted by Crippen LogP contribution is 2.26. The molecule has 9 heteroatoms. The summed E-state index contributed by atoms with van der Waals surface area (Å²) in [6.07, 6.45) is -1.55. The summed E-state index contributed by atoms with van der Waals surface area (Å²) in [6, 6.07) is 6.82. The number of aryl methyl sites for hydroxylation is 4. The zero-order valence-corrected chi connectivity index (χ0v) is 15.8. The summed E-state index contributed by atoms with van der Waals surface area (Å²) in [4.78, 5) is 8.03. The summed E-state index contributed by atoms with van der Waals surface area (Å²) in [7, 11) is 1.47. The Balaban J connectivity index is 1.93. The summed E-state index contributed by atoms with van der Waals surface area (Å²) in [5.74, 6) is -0.662. The van der Waals surface area contributed by atoms with Crippen molar-refractivity contribution in [2.45, 2.75) is 27.2 Å². The SMILES string of the molecule is Cc1ccc(-c2cc(C(F)F)nc(N/N=C/c3c(C)nn(C)c3F)n2)cc1C. The highest BCUT2D eigenvalue weighted by Gasteiger charge is 2.15. The standard InChI is InChI=1S/C19H19F3N6/c1-10-5-6-13(7-11(10)2)15-8-16(17(20)21)25-19(24-15)26-23-9-14-12(3)27-28(4)18(14)22/h5-9,17H,1-4H3,(H,24,25,26)/b23-9+. The summed E-state index contributed by atoms with van der Waals surface area (Å²) in [5, 5.41) is 7.81. The van der Waals surface area contributed by atoms with Crippen LogP contribution >= 0.6 is 0 Å². The molecule has 6 nitrogen and oxygen atoms in total. The fourth-order valence-electron chi connectivity index (χ4n) is 2.62. The Morgan fingerprint density at radius 1 is 1.11 bits per heavy atom. The van der Waals surface area contributed by atoms with Crippen LogP contribution in [0.1, 0.15) is 34.5 Å². The van der Waals surface area contributed by atoms with Gasteiger partial charge in [-0.15, -0.1) is 0 Å². The predicted octanol–water partition coefficient (Wildman–Crippen LogP) is 4.33. The molecule has 0 saturated carbocycles. The third-order valence-electron chi connectivity index (χ3n) is 4.33. The third-order valence-corrected chi connectivity index (χ3v) is 4.33. The number of anilines is 1. The highest BCUT2D eigenvalue weighted by atomic mass is 19.3. The van der Waals surface area contributed by atoms with Crippen molar-refractivity contribution in [1.29, 1.82) is 0 Å². The Bertz CT molecular complexity index is 1040. The molecular weight excluding hydrogens is 369 g/mol. The van der Waals surface area contributed by atoms with Gasteiger partial charge in [-0.1, -0.05) is 12.1 Å². The van der Waals surface area contributed by atoms with Crippen molar-refractivity contribution in [2.24, 2.45) is 12.1 Å². The molecule has 0 fully saturated rings. The van der Waals surface area contributed by atoms with Crippen molar-refractivity contribution in [1.82, 2.24) is 19.7 Å². The molecule has 28 heavy (non-hydrogen) atoms. The zero-order chi connectivity index (χ0) is 20.4. The number of alkyl halides is 2. The average molecular weight is 388 g/mol. The second-order valence-corrected chi connectivity index (χ2v) is 6.38. The monoisotopic (exact) mass is 388 g/mol. The van der Waals surface area contributed by atoms with Crippen LogP contribution in [0.25, 0.3) is 11.3 Å².